The second-order valence-electron chi connectivity index (χ2n) is 5.57. The molecule has 2 rings (SSSR count). The normalized spacial score (nSPS) is 15.7. The first-order valence-electron chi connectivity index (χ1n) is 7.74. The van der Waals surface area contributed by atoms with Crippen molar-refractivity contribution in [3.63, 3.8) is 0 Å². The average Bonchev–Trinajstić information content (AvgIpc) is 2.87. The van der Waals surface area contributed by atoms with Gasteiger partial charge in [0.15, 0.2) is 0 Å². The Bertz CT molecular complexity index is 709. The number of halogens is 1. The number of esters is 1. The summed E-state index contributed by atoms with van der Waals surface area (Å²) in [5.41, 5.74) is 7.86. The molecule has 1 aliphatic rings. The van der Waals surface area contributed by atoms with E-state index >= 15 is 0 Å². The molecule has 0 unspecified atom stereocenters. The number of ether oxygens (including phenoxy) is 1. The van der Waals surface area contributed by atoms with Gasteiger partial charge in [0.05, 0.1) is 17.9 Å². The zero-order valence-electron chi connectivity index (χ0n) is 14.7. The van der Waals surface area contributed by atoms with Gasteiger partial charge < -0.3 is 9.72 Å². The van der Waals surface area contributed by atoms with Crippen LogP contribution in [0.5, 0.6) is 0 Å². The van der Waals surface area contributed by atoms with Gasteiger partial charge in [-0.25, -0.2) is 4.79 Å². The Morgan fingerprint density at radius 2 is 1.87 bits per heavy atom. The third-order valence-electron chi connectivity index (χ3n) is 4.15. The Kier molecular flexibility index (Phi) is 6.57. The number of aromatic amines is 1. The molecule has 4 nitrogen and oxygen atoms in total. The molecule has 0 saturated carbocycles. The Hall–Kier alpha value is -1.62. The summed E-state index contributed by atoms with van der Waals surface area (Å²) in [5.74, 6) is -0.272. The van der Waals surface area contributed by atoms with Crippen LogP contribution in [0.15, 0.2) is 21.8 Å². The van der Waals surface area contributed by atoms with E-state index in [9.17, 15) is 4.79 Å². The van der Waals surface area contributed by atoms with Gasteiger partial charge in [0, 0.05) is 17.1 Å². The Morgan fingerprint density at radius 3 is 2.39 bits per heavy atom. The fourth-order valence-corrected chi connectivity index (χ4v) is 2.98. The van der Waals surface area contributed by atoms with Gasteiger partial charge in [0.2, 0.25) is 0 Å². The van der Waals surface area contributed by atoms with E-state index in [1.165, 1.54) is 11.1 Å². The smallest absolute Gasteiger partial charge is 0.340 e. The molecule has 0 fully saturated rings. The first-order chi connectivity index (χ1) is 10.4. The van der Waals surface area contributed by atoms with Crippen molar-refractivity contribution in [3.05, 3.63) is 39.4 Å². The molecule has 0 amide bonds. The van der Waals surface area contributed by atoms with Gasteiger partial charge in [0.25, 0.3) is 0 Å². The zero-order chi connectivity index (χ0) is 16.4. The number of H-pyrrole nitrogens is 1. The van der Waals surface area contributed by atoms with Crippen molar-refractivity contribution < 1.29 is 9.53 Å². The van der Waals surface area contributed by atoms with Crippen molar-refractivity contribution in [2.24, 2.45) is 4.99 Å². The summed E-state index contributed by atoms with van der Waals surface area (Å²) in [6, 6.07) is 0. The second kappa shape index (κ2) is 7.77. The van der Waals surface area contributed by atoms with Crippen molar-refractivity contribution in [2.75, 3.05) is 6.61 Å². The van der Waals surface area contributed by atoms with Gasteiger partial charge in [-0.2, -0.15) is 0 Å². The first kappa shape index (κ1) is 19.4. The number of hydrogen-bond acceptors (Lipinski definition) is 3. The van der Waals surface area contributed by atoms with Gasteiger partial charge in [0.1, 0.15) is 0 Å². The van der Waals surface area contributed by atoms with E-state index in [0.29, 0.717) is 12.2 Å². The number of nitrogens with one attached hydrogen (secondary N) is 1. The molecule has 1 N–H and O–H groups in total. The average molecular weight is 381 g/mol. The molecule has 23 heavy (non-hydrogen) atoms. The topological polar surface area (TPSA) is 54.5 Å². The highest BCUT2D eigenvalue weighted by atomic mass is 79.9. The SMILES string of the molecule is Br.CCOC(=O)c1c(C)[nH]c(/C=C2\N=C(C)C(CC)=C2C)c1C. The van der Waals surface area contributed by atoms with Crippen LogP contribution in [-0.2, 0) is 4.74 Å². The standard InChI is InChI=1S/C18H24N2O2.BrH/c1-7-14-10(3)15(19-12(14)5)9-16-11(4)17(13(6)20-16)18(21)22-8-2;/h9,20H,7-8H2,1-6H3;1H/b15-9-;. The number of rotatable bonds is 4. The molecule has 5 heteroatoms. The summed E-state index contributed by atoms with van der Waals surface area (Å²) in [5, 5.41) is 0. The summed E-state index contributed by atoms with van der Waals surface area (Å²) in [6.45, 7) is 12.3. The molecule has 0 aromatic carbocycles. The molecular weight excluding hydrogens is 356 g/mol. The van der Waals surface area contributed by atoms with Crippen LogP contribution in [0.1, 0.15) is 61.4 Å². The molecule has 0 bridgehead atoms. The largest absolute Gasteiger partial charge is 0.462 e. The van der Waals surface area contributed by atoms with Crippen molar-refractivity contribution in [1.29, 1.82) is 0 Å². The van der Waals surface area contributed by atoms with Crippen LogP contribution in [0, 0.1) is 13.8 Å². The van der Waals surface area contributed by atoms with Crippen LogP contribution in [0.25, 0.3) is 6.08 Å². The van der Waals surface area contributed by atoms with Gasteiger partial charge in [-0.1, -0.05) is 6.92 Å². The monoisotopic (exact) mass is 380 g/mol. The number of aryl methyl sites for hydroxylation is 1. The molecule has 1 aliphatic heterocycles. The molecule has 1 aromatic heterocycles. The molecule has 1 aromatic rings. The number of carbonyl (C=O) groups excluding carboxylic acids is 1. The van der Waals surface area contributed by atoms with E-state index in [-0.39, 0.29) is 23.0 Å². The molecule has 2 heterocycles. The van der Waals surface area contributed by atoms with Crippen molar-refractivity contribution in [3.8, 4) is 0 Å². The predicted molar refractivity (Wildman–Crippen MR) is 101 cm³/mol. The summed E-state index contributed by atoms with van der Waals surface area (Å²) in [6.07, 6.45) is 3.00. The van der Waals surface area contributed by atoms with Gasteiger partial charge in [-0.05, 0) is 63.8 Å². The van der Waals surface area contributed by atoms with E-state index in [1.807, 2.05) is 33.8 Å². The summed E-state index contributed by atoms with van der Waals surface area (Å²) >= 11 is 0. The minimum atomic E-state index is -0.272. The number of hydrogen-bond donors (Lipinski definition) is 1. The van der Waals surface area contributed by atoms with E-state index in [2.05, 4.69) is 23.8 Å². The summed E-state index contributed by atoms with van der Waals surface area (Å²) < 4.78 is 5.13. The minimum Gasteiger partial charge on any atom is -0.462 e. The van der Waals surface area contributed by atoms with E-state index in [1.54, 1.807) is 0 Å². The Balaban J connectivity index is 0.00000264. The van der Waals surface area contributed by atoms with Crippen molar-refractivity contribution in [1.82, 2.24) is 4.98 Å². The maximum Gasteiger partial charge on any atom is 0.340 e. The minimum absolute atomic E-state index is 0. The highest BCUT2D eigenvalue weighted by Gasteiger charge is 2.20. The van der Waals surface area contributed by atoms with Gasteiger partial charge in [-0.15, -0.1) is 17.0 Å². The quantitative estimate of drug-likeness (QED) is 0.752. The molecule has 126 valence electrons. The lowest BCUT2D eigenvalue weighted by Crippen LogP contribution is -2.06. The summed E-state index contributed by atoms with van der Waals surface area (Å²) in [4.78, 5) is 20.0. The molecule has 0 radical (unpaired) electrons. The Labute approximate surface area is 148 Å². The third kappa shape index (κ3) is 3.66. The molecule has 0 aliphatic carbocycles. The highest BCUT2D eigenvalue weighted by Crippen LogP contribution is 2.30. The molecular formula is C18H25BrN2O2. The predicted octanol–water partition coefficient (Wildman–Crippen LogP) is 4.93. The van der Waals surface area contributed by atoms with Crippen LogP contribution in [0.2, 0.25) is 0 Å². The fourth-order valence-electron chi connectivity index (χ4n) is 2.98. The van der Waals surface area contributed by atoms with Crippen LogP contribution in [0.3, 0.4) is 0 Å². The van der Waals surface area contributed by atoms with Crippen LogP contribution in [0.4, 0.5) is 0 Å². The first-order valence-corrected chi connectivity index (χ1v) is 7.74. The van der Waals surface area contributed by atoms with E-state index < -0.39 is 0 Å². The molecule has 0 saturated heterocycles. The fraction of sp³-hybridized carbons (Fsp3) is 0.444. The number of nitrogens with zero attached hydrogens (tertiary/aromatic N) is 1. The Morgan fingerprint density at radius 1 is 1.22 bits per heavy atom. The maximum absolute atomic E-state index is 12.1. The highest BCUT2D eigenvalue weighted by molar-refractivity contribution is 8.93. The number of aromatic nitrogens is 1. The van der Waals surface area contributed by atoms with Crippen LogP contribution >= 0.6 is 17.0 Å². The van der Waals surface area contributed by atoms with Crippen LogP contribution in [-0.4, -0.2) is 23.3 Å². The van der Waals surface area contributed by atoms with E-state index in [0.717, 1.165) is 34.8 Å². The number of carbonyl (C=O) groups is 1. The second-order valence-corrected chi connectivity index (χ2v) is 5.57. The third-order valence-corrected chi connectivity index (χ3v) is 4.15. The van der Waals surface area contributed by atoms with Crippen LogP contribution < -0.4 is 0 Å². The lowest BCUT2D eigenvalue weighted by molar-refractivity contribution is 0.0525. The summed E-state index contributed by atoms with van der Waals surface area (Å²) in [7, 11) is 0. The van der Waals surface area contributed by atoms with Crippen molar-refractivity contribution in [2.45, 2.75) is 48.0 Å². The maximum atomic E-state index is 12.1. The van der Waals surface area contributed by atoms with E-state index in [4.69, 9.17) is 4.74 Å². The zero-order valence-corrected chi connectivity index (χ0v) is 16.4. The van der Waals surface area contributed by atoms with Crippen molar-refractivity contribution >= 4 is 34.7 Å². The lowest BCUT2D eigenvalue weighted by Gasteiger charge is -2.02. The molecule has 0 spiro atoms. The number of allylic oxidation sites excluding steroid dienone is 2. The molecule has 0 atom stereocenters. The lowest BCUT2D eigenvalue weighted by atomic mass is 10.0. The number of aliphatic imine (C=N–C) groups is 1. The van der Waals surface area contributed by atoms with Gasteiger partial charge >= 0.3 is 5.97 Å². The van der Waals surface area contributed by atoms with Gasteiger partial charge in [-0.3, -0.25) is 4.99 Å².